The van der Waals surface area contributed by atoms with E-state index in [1.54, 1.807) is 55.5 Å². The van der Waals surface area contributed by atoms with Gasteiger partial charge in [0.25, 0.3) is 0 Å². The van der Waals surface area contributed by atoms with Crippen molar-refractivity contribution in [2.45, 2.75) is 65.2 Å². The van der Waals surface area contributed by atoms with E-state index < -0.39 is 13.5 Å². The molecule has 10 nitrogen and oxygen atoms in total. The smallest absolute Gasteiger partial charge is 0.150 e. The number of benzene rings is 8. The summed E-state index contributed by atoms with van der Waals surface area (Å²) >= 11 is 6.61. The third-order valence-corrected chi connectivity index (χ3v) is 15.1. The normalized spacial score (nSPS) is 9.97. The summed E-state index contributed by atoms with van der Waals surface area (Å²) in [6, 6.07) is 60.0. The summed E-state index contributed by atoms with van der Waals surface area (Å²) in [6.45, 7) is 12.8. The molecule has 0 saturated carbocycles. The summed E-state index contributed by atoms with van der Waals surface area (Å²) in [4.78, 5) is 30.7. The summed E-state index contributed by atoms with van der Waals surface area (Å²) < 4.78 is 19.2. The molecule has 0 unspecified atom stereocenters. The van der Waals surface area contributed by atoms with Crippen molar-refractivity contribution in [2.24, 2.45) is 10.8 Å². The van der Waals surface area contributed by atoms with Crippen molar-refractivity contribution in [3.63, 3.8) is 0 Å². The highest BCUT2D eigenvalue weighted by atomic mass is 79.9. The van der Waals surface area contributed by atoms with Crippen molar-refractivity contribution in [1.82, 2.24) is 0 Å². The second-order valence-corrected chi connectivity index (χ2v) is 29.1. The van der Waals surface area contributed by atoms with Gasteiger partial charge >= 0.3 is 0 Å². The number of ether oxygens (including phenoxy) is 3. The predicted octanol–water partition coefficient (Wildman–Crippen LogP) is 14.7. The number of halogens is 2. The highest BCUT2D eigenvalue weighted by molar-refractivity contribution is 9.10. The van der Waals surface area contributed by atoms with Gasteiger partial charge in [-0.25, -0.2) is 0 Å². The quantitative estimate of drug-likeness (QED) is 0.0250. The number of terminal acetylenes is 6. The Labute approximate surface area is 587 Å². The van der Waals surface area contributed by atoms with Crippen LogP contribution in [0.2, 0.25) is 19.6 Å². The maximum Gasteiger partial charge on any atom is 0.150 e. The fraction of sp³-hybridized carbons (Fsp3) is 0.217. The number of aldehydes is 3. The maximum absolute atomic E-state index is 10.4. The first kappa shape index (κ1) is 82.7. The van der Waals surface area contributed by atoms with E-state index in [4.69, 9.17) is 73.2 Å². The molecule has 0 saturated heterocycles. The summed E-state index contributed by atoms with van der Waals surface area (Å²) in [5.74, 6) is 18.5. The van der Waals surface area contributed by atoms with Crippen molar-refractivity contribution in [3.05, 3.63) is 282 Å². The molecule has 0 bridgehead atoms. The average Bonchev–Trinajstić information content (AvgIpc) is 1.22. The highest BCUT2D eigenvalue weighted by Gasteiger charge is 2.26. The van der Waals surface area contributed by atoms with E-state index in [1.165, 1.54) is 5.56 Å². The standard InChI is InChI=1S/C32H30O3.C12H14OSi.C9H7Br.C9H8O.C9H6O.C7H5BrO.C5H12O3/c1-5-26-8-14-29(15-9-26)20-33-23-32(4,24-34-21-30-16-10-27(6-2)11-17-30)25-35-22-31-18-12-28(7-3)13-19-31;1-14(2,3)9-8-11-4-6-12(10-13)7-5-11;3*1-2-8-3-5-9(7-10)6-4-8;8-7-3-1-6(5-9)2-4-7;1-5(2-6,3-7)4-8/h1-3,8-19H,20-25H2,4H3;4-7,10H,1-3H3;1,3-6H,7H2;1,3-6,10H,7H2;1,3-7H;1-5H;6-8H,2-4H2,1H3. The summed E-state index contributed by atoms with van der Waals surface area (Å²) in [5, 5.41) is 34.9. The Morgan fingerprint density at radius 2 is 0.635 bits per heavy atom. The number of carbonyl (C=O) groups excluding carboxylic acids is 3. The van der Waals surface area contributed by atoms with E-state index in [-0.39, 0.29) is 31.8 Å². The molecule has 13 heteroatoms. The number of alkyl halides is 1. The zero-order valence-corrected chi connectivity index (χ0v) is 59.1. The number of hydrogen-bond acceptors (Lipinski definition) is 10. The predicted molar refractivity (Wildman–Crippen MR) is 398 cm³/mol. The van der Waals surface area contributed by atoms with Gasteiger partial charge in [-0.3, -0.25) is 14.4 Å². The fourth-order valence-electron chi connectivity index (χ4n) is 7.11. The third-order valence-electron chi connectivity index (χ3n) is 13.1. The summed E-state index contributed by atoms with van der Waals surface area (Å²) in [7, 11) is -1.29. The maximum atomic E-state index is 10.4. The van der Waals surface area contributed by atoms with Gasteiger partial charge in [0.05, 0.1) is 66.1 Å². The van der Waals surface area contributed by atoms with E-state index in [2.05, 4.69) is 105 Å². The Hall–Kier alpha value is -9.41. The van der Waals surface area contributed by atoms with E-state index >= 15 is 0 Å². The van der Waals surface area contributed by atoms with Crippen LogP contribution >= 0.6 is 31.9 Å². The second-order valence-electron chi connectivity index (χ2n) is 22.9. The Morgan fingerprint density at radius 3 is 0.865 bits per heavy atom. The van der Waals surface area contributed by atoms with Crippen molar-refractivity contribution in [1.29, 1.82) is 0 Å². The van der Waals surface area contributed by atoms with Gasteiger partial charge in [-0.1, -0.05) is 204 Å². The molecule has 0 aliphatic heterocycles. The molecule has 492 valence electrons. The molecule has 0 aliphatic carbocycles. The summed E-state index contributed by atoms with van der Waals surface area (Å²) in [6.07, 6.45) is 34.2. The van der Waals surface area contributed by atoms with Crippen LogP contribution in [0.4, 0.5) is 0 Å². The number of aliphatic hydroxyl groups is 4. The molecule has 0 radical (unpaired) electrons. The van der Waals surface area contributed by atoms with Crippen LogP contribution in [0.3, 0.4) is 0 Å². The second kappa shape index (κ2) is 47.5. The minimum Gasteiger partial charge on any atom is -0.396 e. The van der Waals surface area contributed by atoms with Crippen LogP contribution in [-0.2, 0) is 46.0 Å². The SMILES string of the molecule is C#Cc1ccc(C=O)cc1.C#Cc1ccc(CBr)cc1.C#Cc1ccc(CO)cc1.C#Cc1ccc(COCC(C)(COCc2ccc(C#C)cc2)COCc2ccc(C#C)cc2)cc1.CC(CO)(CO)CO.C[Si](C)(C)C#Cc1ccc(C=O)cc1.O=Cc1ccc(Br)cc1. The monoisotopic (exact) mass is 1420 g/mol. The molecule has 8 aromatic carbocycles. The molecule has 96 heavy (non-hydrogen) atoms. The minimum absolute atomic E-state index is 0.0743. The van der Waals surface area contributed by atoms with E-state index in [9.17, 15) is 14.4 Å². The van der Waals surface area contributed by atoms with Crippen LogP contribution in [0.25, 0.3) is 0 Å². The van der Waals surface area contributed by atoms with Gasteiger partial charge < -0.3 is 34.6 Å². The molecule has 0 atom stereocenters. The topological polar surface area (TPSA) is 160 Å². The first-order chi connectivity index (χ1) is 46.1. The molecule has 0 fully saturated rings. The van der Waals surface area contributed by atoms with Crippen molar-refractivity contribution < 1.29 is 49.0 Å². The first-order valence-electron chi connectivity index (χ1n) is 30.0. The zero-order chi connectivity index (χ0) is 71.0. The molecule has 8 rings (SSSR count). The molecule has 0 aromatic heterocycles. The molecule has 0 heterocycles. The summed E-state index contributed by atoms with van der Waals surface area (Å²) in [5.41, 5.74) is 15.7. The molecule has 0 spiro atoms. The lowest BCUT2D eigenvalue weighted by molar-refractivity contribution is -0.0706. The molecule has 8 aromatic rings. The van der Waals surface area contributed by atoms with Crippen molar-refractivity contribution in [2.75, 3.05) is 39.6 Å². The van der Waals surface area contributed by atoms with Gasteiger partial charge in [0, 0.05) is 76.3 Å². The van der Waals surface area contributed by atoms with Crippen LogP contribution in [0.5, 0.6) is 0 Å². The van der Waals surface area contributed by atoms with Gasteiger partial charge in [0.2, 0.25) is 0 Å². The van der Waals surface area contributed by atoms with Crippen molar-refractivity contribution in [3.8, 4) is 85.5 Å². The van der Waals surface area contributed by atoms with Crippen LogP contribution in [0, 0.1) is 96.4 Å². The van der Waals surface area contributed by atoms with Crippen LogP contribution in [-0.4, -0.2) is 87.0 Å². The lowest BCUT2D eigenvalue weighted by atomic mass is 9.94. The number of rotatable bonds is 20. The molecular weight excluding hydrogens is 1340 g/mol. The van der Waals surface area contributed by atoms with Crippen LogP contribution in [0.1, 0.15) is 112 Å². The molecule has 0 amide bonds. The zero-order valence-electron chi connectivity index (χ0n) is 54.9. The van der Waals surface area contributed by atoms with Crippen LogP contribution in [0.15, 0.2) is 199 Å². The van der Waals surface area contributed by atoms with E-state index in [1.807, 2.05) is 146 Å². The minimum atomic E-state index is -1.29. The molecular formula is C83H82Br2O10Si. The van der Waals surface area contributed by atoms with Gasteiger partial charge in [0.1, 0.15) is 26.9 Å². The first-order valence-corrected chi connectivity index (χ1v) is 35.4. The lowest BCUT2D eigenvalue weighted by Crippen LogP contribution is -2.34. The Kier molecular flexibility index (Phi) is 40.9. The number of hydrogen-bond donors (Lipinski definition) is 4. The molecule has 0 aliphatic rings. The van der Waals surface area contributed by atoms with Gasteiger partial charge in [-0.2, -0.15) is 0 Å². The van der Waals surface area contributed by atoms with E-state index in [0.29, 0.717) is 56.3 Å². The average molecular weight is 1430 g/mol. The largest absolute Gasteiger partial charge is 0.396 e. The third kappa shape index (κ3) is 35.7. The Balaban J connectivity index is 0.000000423. The van der Waals surface area contributed by atoms with Gasteiger partial charge in [-0.15, -0.1) is 44.1 Å². The highest BCUT2D eigenvalue weighted by Crippen LogP contribution is 2.22. The van der Waals surface area contributed by atoms with E-state index in [0.717, 1.165) is 89.9 Å². The molecule has 4 N–H and O–H groups in total. The number of aliphatic hydroxyl groups excluding tert-OH is 4. The fourth-order valence-corrected chi connectivity index (χ4v) is 8.27. The van der Waals surface area contributed by atoms with Crippen molar-refractivity contribution >= 4 is 58.8 Å². The van der Waals surface area contributed by atoms with Gasteiger partial charge in [-0.05, 0) is 125 Å². The van der Waals surface area contributed by atoms with Crippen LogP contribution < -0.4 is 0 Å². The van der Waals surface area contributed by atoms with Gasteiger partial charge in [0.15, 0.2) is 0 Å². The number of carbonyl (C=O) groups is 3. The Bertz CT molecular complexity index is 3660. The lowest BCUT2D eigenvalue weighted by Gasteiger charge is -2.29. The Morgan fingerprint density at radius 1 is 0.385 bits per heavy atom.